The highest BCUT2D eigenvalue weighted by atomic mass is 35.5. The first-order valence-electron chi connectivity index (χ1n) is 14.7. The molecule has 2 saturated heterocycles. The van der Waals surface area contributed by atoms with Crippen LogP contribution in [0.25, 0.3) is 10.9 Å². The molecule has 10 heteroatoms. The zero-order chi connectivity index (χ0) is 29.3. The highest BCUT2D eigenvalue weighted by molar-refractivity contribution is 6.37. The van der Waals surface area contributed by atoms with E-state index in [0.717, 1.165) is 18.9 Å². The van der Waals surface area contributed by atoms with E-state index in [1.807, 2.05) is 12.1 Å². The Kier molecular flexibility index (Phi) is 8.56. The summed E-state index contributed by atoms with van der Waals surface area (Å²) in [6.45, 7) is 7.87. The van der Waals surface area contributed by atoms with Crippen molar-refractivity contribution < 1.29 is 14.2 Å². The van der Waals surface area contributed by atoms with Gasteiger partial charge in [0, 0.05) is 49.9 Å². The number of methoxy groups -OCH3 is 2. The van der Waals surface area contributed by atoms with Gasteiger partial charge in [-0.2, -0.15) is 5.26 Å². The third-order valence-electron chi connectivity index (χ3n) is 8.90. The smallest absolute Gasteiger partial charge is 0.163 e. The van der Waals surface area contributed by atoms with Gasteiger partial charge < -0.3 is 29.3 Å². The topological polar surface area (TPSA) is 82.9 Å². The van der Waals surface area contributed by atoms with Crippen LogP contribution < -0.4 is 19.5 Å². The lowest BCUT2D eigenvalue weighted by atomic mass is 9.86. The van der Waals surface area contributed by atoms with E-state index in [4.69, 9.17) is 37.4 Å². The number of benzene rings is 2. The van der Waals surface area contributed by atoms with E-state index < -0.39 is 0 Å². The Morgan fingerprint density at radius 2 is 1.76 bits per heavy atom. The maximum atomic E-state index is 9.83. The average Bonchev–Trinajstić information content (AvgIpc) is 3.59. The Balaban J connectivity index is 1.12. The number of nitrogens with zero attached hydrogens (tertiary/aromatic N) is 4. The molecule has 1 N–H and O–H groups in total. The molecule has 1 unspecified atom stereocenters. The molecule has 3 fully saturated rings. The highest BCUT2D eigenvalue weighted by Crippen LogP contribution is 2.42. The predicted octanol–water partition coefficient (Wildman–Crippen LogP) is 6.75. The average molecular weight is 611 g/mol. The third-order valence-corrected chi connectivity index (χ3v) is 9.51. The second-order valence-corrected chi connectivity index (χ2v) is 12.7. The maximum absolute atomic E-state index is 9.83. The fraction of sp³-hybridized carbons (Fsp3) is 0.500. The minimum atomic E-state index is 0.365. The molecule has 6 rings (SSSR count). The Bertz CT molecular complexity index is 1510. The normalized spacial score (nSPS) is 20.7. The van der Waals surface area contributed by atoms with E-state index >= 15 is 0 Å². The fourth-order valence-corrected chi connectivity index (χ4v) is 6.99. The van der Waals surface area contributed by atoms with Crippen LogP contribution in [0.1, 0.15) is 37.7 Å². The Hall–Kier alpha value is -2.96. The molecule has 0 amide bonds. The van der Waals surface area contributed by atoms with Crippen LogP contribution in [-0.4, -0.2) is 74.9 Å². The number of anilines is 2. The van der Waals surface area contributed by atoms with Crippen molar-refractivity contribution in [2.75, 3.05) is 65.4 Å². The largest absolute Gasteiger partial charge is 0.495 e. The number of likely N-dealkylation sites (tertiary alicyclic amines) is 2. The van der Waals surface area contributed by atoms with Gasteiger partial charge in [0.15, 0.2) is 11.5 Å². The number of hydrogen-bond acceptors (Lipinski definition) is 8. The highest BCUT2D eigenvalue weighted by Gasteiger charge is 2.43. The van der Waals surface area contributed by atoms with Gasteiger partial charge >= 0.3 is 0 Å². The van der Waals surface area contributed by atoms with Crippen molar-refractivity contribution in [1.82, 2.24) is 14.8 Å². The molecule has 1 saturated carbocycles. The van der Waals surface area contributed by atoms with Gasteiger partial charge in [-0.3, -0.25) is 4.98 Å². The molecule has 0 bridgehead atoms. The number of halogens is 2. The van der Waals surface area contributed by atoms with Gasteiger partial charge in [-0.25, -0.2) is 0 Å². The van der Waals surface area contributed by atoms with E-state index in [9.17, 15) is 5.26 Å². The van der Waals surface area contributed by atoms with E-state index in [0.29, 0.717) is 67.2 Å². The summed E-state index contributed by atoms with van der Waals surface area (Å²) in [5, 5.41) is 14.6. The van der Waals surface area contributed by atoms with Crippen LogP contribution in [0.4, 0.5) is 11.4 Å². The fourth-order valence-electron chi connectivity index (χ4n) is 6.48. The molecule has 0 radical (unpaired) electrons. The molecule has 222 valence electrons. The number of fused-ring (bicyclic) bond motifs is 1. The summed E-state index contributed by atoms with van der Waals surface area (Å²) < 4.78 is 17.3. The summed E-state index contributed by atoms with van der Waals surface area (Å²) >= 11 is 12.7. The summed E-state index contributed by atoms with van der Waals surface area (Å²) in [7, 11) is 3.15. The lowest BCUT2D eigenvalue weighted by Gasteiger charge is -2.25. The molecule has 1 spiro atoms. The summed E-state index contributed by atoms with van der Waals surface area (Å²) in [4.78, 5) is 9.86. The molecule has 8 nitrogen and oxygen atoms in total. The Morgan fingerprint density at radius 1 is 1.00 bits per heavy atom. The molecule has 42 heavy (non-hydrogen) atoms. The van der Waals surface area contributed by atoms with E-state index in [2.05, 4.69) is 26.2 Å². The Labute approximate surface area is 257 Å². The Morgan fingerprint density at radius 3 is 2.50 bits per heavy atom. The van der Waals surface area contributed by atoms with Gasteiger partial charge in [0.1, 0.15) is 11.8 Å². The van der Waals surface area contributed by atoms with Gasteiger partial charge in [0.25, 0.3) is 0 Å². The number of rotatable bonds is 11. The molecule has 2 aliphatic heterocycles. The van der Waals surface area contributed by atoms with Crippen molar-refractivity contribution in [2.45, 2.75) is 32.1 Å². The molecule has 1 atom stereocenters. The van der Waals surface area contributed by atoms with Crippen molar-refractivity contribution in [3.63, 3.8) is 0 Å². The van der Waals surface area contributed by atoms with Crippen LogP contribution in [0.3, 0.4) is 0 Å². The number of ether oxygens (including phenoxy) is 3. The zero-order valence-corrected chi connectivity index (χ0v) is 25.7. The molecular formula is C32H37Cl2N5O3. The first-order valence-corrected chi connectivity index (χ1v) is 15.4. The summed E-state index contributed by atoms with van der Waals surface area (Å²) in [6.07, 6.45) is 8.00. The zero-order valence-electron chi connectivity index (χ0n) is 24.2. The van der Waals surface area contributed by atoms with Crippen LogP contribution in [0.15, 0.2) is 30.5 Å². The summed E-state index contributed by atoms with van der Waals surface area (Å²) in [5.41, 5.74) is 2.65. The van der Waals surface area contributed by atoms with E-state index in [1.54, 1.807) is 25.4 Å². The lowest BCUT2D eigenvalue weighted by molar-refractivity contribution is 0.221. The van der Waals surface area contributed by atoms with E-state index in [-0.39, 0.29) is 0 Å². The quantitative estimate of drug-likeness (QED) is 0.239. The predicted molar refractivity (Wildman–Crippen MR) is 167 cm³/mol. The maximum Gasteiger partial charge on any atom is 0.163 e. The molecular weight excluding hydrogens is 573 g/mol. The van der Waals surface area contributed by atoms with Crippen molar-refractivity contribution >= 4 is 45.5 Å². The van der Waals surface area contributed by atoms with Crippen LogP contribution in [0.2, 0.25) is 10.0 Å². The van der Waals surface area contributed by atoms with Crippen molar-refractivity contribution in [2.24, 2.45) is 11.3 Å². The molecule has 3 aliphatic rings. The number of aromatic nitrogens is 1. The second-order valence-electron chi connectivity index (χ2n) is 11.9. The van der Waals surface area contributed by atoms with Gasteiger partial charge in [-0.15, -0.1) is 0 Å². The SMILES string of the molecule is COc1cc(Nc2c(C#N)cnc3cc(OCCCN4CCC5(CCN(CC6CC6)C5)C4)c(OC)cc23)c(Cl)cc1Cl. The first-order chi connectivity index (χ1) is 20.4. The van der Waals surface area contributed by atoms with E-state index in [1.165, 1.54) is 65.5 Å². The van der Waals surface area contributed by atoms with Gasteiger partial charge in [-0.1, -0.05) is 23.2 Å². The molecule has 2 aromatic carbocycles. The first kappa shape index (κ1) is 29.1. The van der Waals surface area contributed by atoms with Gasteiger partial charge in [0.2, 0.25) is 0 Å². The lowest BCUT2D eigenvalue weighted by Crippen LogP contribution is -2.32. The van der Waals surface area contributed by atoms with Crippen molar-refractivity contribution in [3.05, 3.63) is 46.1 Å². The number of nitrogens with one attached hydrogen (secondary N) is 1. The number of nitriles is 1. The number of hydrogen-bond donors (Lipinski definition) is 1. The number of pyridine rings is 1. The van der Waals surface area contributed by atoms with Crippen LogP contribution in [-0.2, 0) is 0 Å². The third kappa shape index (κ3) is 6.21. The standard InChI is InChI=1S/C32H37Cl2N5O3/c1-40-28-15-27(24(33)13-25(28)34)37-31-22(16-35)17-36-26-14-30(29(41-2)12-23(26)31)42-11-3-8-38-9-6-32(19-38)7-10-39(20-32)18-21-4-5-21/h12-15,17,21H,3-11,18-20H2,1-2H3,(H,36,37). The van der Waals surface area contributed by atoms with Gasteiger partial charge in [0.05, 0.1) is 53.3 Å². The van der Waals surface area contributed by atoms with Crippen molar-refractivity contribution in [1.29, 1.82) is 5.26 Å². The molecule has 3 heterocycles. The minimum absolute atomic E-state index is 0.365. The van der Waals surface area contributed by atoms with Gasteiger partial charge in [-0.05, 0) is 68.7 Å². The van der Waals surface area contributed by atoms with Crippen LogP contribution >= 0.6 is 23.2 Å². The van der Waals surface area contributed by atoms with Crippen LogP contribution in [0, 0.1) is 22.7 Å². The summed E-state index contributed by atoms with van der Waals surface area (Å²) in [5.74, 6) is 2.64. The monoisotopic (exact) mass is 609 g/mol. The molecule has 3 aromatic rings. The molecule has 1 aliphatic carbocycles. The van der Waals surface area contributed by atoms with Crippen molar-refractivity contribution in [3.8, 4) is 23.3 Å². The van der Waals surface area contributed by atoms with Crippen LogP contribution in [0.5, 0.6) is 17.2 Å². The minimum Gasteiger partial charge on any atom is -0.495 e. The molecule has 1 aromatic heterocycles. The second kappa shape index (κ2) is 12.3. The summed E-state index contributed by atoms with van der Waals surface area (Å²) in [6, 6.07) is 9.23.